The van der Waals surface area contributed by atoms with Gasteiger partial charge >= 0.3 is 12.1 Å². The van der Waals surface area contributed by atoms with Gasteiger partial charge in [-0.1, -0.05) is 11.8 Å². The van der Waals surface area contributed by atoms with E-state index in [4.69, 9.17) is 4.74 Å². The normalized spacial score (nSPS) is 15.8. The summed E-state index contributed by atoms with van der Waals surface area (Å²) in [6, 6.07) is 3.89. The number of esters is 1. The smallest absolute Gasteiger partial charge is 0.416 e. The zero-order valence-corrected chi connectivity index (χ0v) is 13.9. The molecule has 2 amide bonds. The van der Waals surface area contributed by atoms with E-state index in [1.807, 2.05) is 0 Å². The fraction of sp³-hybridized carbons (Fsp3) is 0.400. The highest BCUT2D eigenvalue weighted by molar-refractivity contribution is 8.13. The van der Waals surface area contributed by atoms with E-state index in [1.54, 1.807) is 0 Å². The molecule has 1 saturated heterocycles. The van der Waals surface area contributed by atoms with Crippen molar-refractivity contribution in [2.45, 2.75) is 19.2 Å². The summed E-state index contributed by atoms with van der Waals surface area (Å²) in [7, 11) is 0. The van der Waals surface area contributed by atoms with Gasteiger partial charge in [-0.25, -0.2) is 0 Å². The van der Waals surface area contributed by atoms with Crippen LogP contribution in [-0.2, 0) is 20.5 Å². The molecule has 25 heavy (non-hydrogen) atoms. The highest BCUT2D eigenvalue weighted by Gasteiger charge is 2.30. The Morgan fingerprint density at radius 3 is 2.48 bits per heavy atom. The second-order valence-corrected chi connectivity index (χ2v) is 6.28. The first-order chi connectivity index (χ1) is 11.7. The van der Waals surface area contributed by atoms with Crippen molar-refractivity contribution in [2.24, 2.45) is 0 Å². The van der Waals surface area contributed by atoms with E-state index in [0.29, 0.717) is 12.3 Å². The first-order valence-corrected chi connectivity index (χ1v) is 8.24. The Labute approximate surface area is 145 Å². The van der Waals surface area contributed by atoms with Crippen LogP contribution < -0.4 is 5.32 Å². The van der Waals surface area contributed by atoms with Crippen LogP contribution in [0.25, 0.3) is 0 Å². The average Bonchev–Trinajstić information content (AvgIpc) is 2.91. The van der Waals surface area contributed by atoms with E-state index < -0.39 is 29.7 Å². The molecule has 0 aliphatic carbocycles. The van der Waals surface area contributed by atoms with Crippen molar-refractivity contribution in [1.29, 1.82) is 0 Å². The monoisotopic (exact) mass is 376 g/mol. The molecule has 2 rings (SSSR count). The first kappa shape index (κ1) is 19.1. The van der Waals surface area contributed by atoms with Crippen LogP contribution in [0.1, 0.15) is 12.5 Å². The molecule has 1 aromatic carbocycles. The fourth-order valence-corrected chi connectivity index (χ4v) is 2.82. The summed E-state index contributed by atoms with van der Waals surface area (Å²) < 4.78 is 42.4. The third kappa shape index (κ3) is 5.38. The van der Waals surface area contributed by atoms with Gasteiger partial charge in [-0.15, -0.1) is 0 Å². The molecule has 1 N–H and O–H groups in total. The summed E-state index contributed by atoms with van der Waals surface area (Å²) in [6.45, 7) is 1.52. The van der Waals surface area contributed by atoms with E-state index in [1.165, 1.54) is 11.8 Å². The molecule has 1 aromatic rings. The molecule has 0 saturated carbocycles. The molecule has 0 aromatic heterocycles. The number of anilines is 1. The van der Waals surface area contributed by atoms with Gasteiger partial charge in [0.1, 0.15) is 6.54 Å². The zero-order chi connectivity index (χ0) is 18.6. The summed E-state index contributed by atoms with van der Waals surface area (Å²) in [4.78, 5) is 36.4. The summed E-state index contributed by atoms with van der Waals surface area (Å²) in [6.07, 6.45) is -5.61. The number of carbonyl (C=O) groups excluding carboxylic acids is 3. The van der Waals surface area contributed by atoms with E-state index in [-0.39, 0.29) is 17.5 Å². The lowest BCUT2D eigenvalue weighted by Gasteiger charge is -2.17. The van der Waals surface area contributed by atoms with Gasteiger partial charge in [0.25, 0.3) is 11.1 Å². The molecule has 6 nitrogen and oxygen atoms in total. The topological polar surface area (TPSA) is 75.7 Å². The van der Waals surface area contributed by atoms with Gasteiger partial charge in [0.05, 0.1) is 5.56 Å². The Morgan fingerprint density at radius 1 is 1.32 bits per heavy atom. The van der Waals surface area contributed by atoms with Crippen molar-refractivity contribution in [3.63, 3.8) is 0 Å². The number of nitrogens with one attached hydrogen (secondary N) is 1. The SMILES string of the molecule is C[C@@H](OC(=O)CN1CCSC1=O)C(=O)Nc1ccc(C(F)(F)F)cc1. The maximum absolute atomic E-state index is 12.5. The molecule has 1 aliphatic heterocycles. The number of hydrogen-bond acceptors (Lipinski definition) is 5. The fourth-order valence-electron chi connectivity index (χ4n) is 2.00. The predicted molar refractivity (Wildman–Crippen MR) is 85.1 cm³/mol. The third-order valence-electron chi connectivity index (χ3n) is 3.32. The largest absolute Gasteiger partial charge is 0.451 e. The lowest BCUT2D eigenvalue weighted by molar-refractivity contribution is -0.153. The highest BCUT2D eigenvalue weighted by atomic mass is 32.2. The number of carbonyl (C=O) groups is 3. The molecule has 1 fully saturated rings. The van der Waals surface area contributed by atoms with Crippen molar-refractivity contribution in [2.75, 3.05) is 24.2 Å². The Hall–Kier alpha value is -2.23. The molecule has 1 atom stereocenters. The maximum Gasteiger partial charge on any atom is 0.416 e. The van der Waals surface area contributed by atoms with Crippen LogP contribution in [-0.4, -0.2) is 47.0 Å². The molecule has 0 bridgehead atoms. The molecular weight excluding hydrogens is 361 g/mol. The average molecular weight is 376 g/mol. The molecular formula is C15H15F3N2O4S. The van der Waals surface area contributed by atoms with Gasteiger partial charge in [-0.3, -0.25) is 14.4 Å². The number of amides is 2. The second kappa shape index (κ2) is 7.77. The number of hydrogen-bond donors (Lipinski definition) is 1. The molecule has 0 unspecified atom stereocenters. The van der Waals surface area contributed by atoms with Gasteiger partial charge in [0.15, 0.2) is 6.10 Å². The highest BCUT2D eigenvalue weighted by Crippen LogP contribution is 2.29. The number of ether oxygens (including phenoxy) is 1. The molecule has 0 radical (unpaired) electrons. The standard InChI is InChI=1S/C15H15F3N2O4S/c1-9(24-12(21)8-20-6-7-25-14(20)23)13(22)19-11-4-2-10(3-5-11)15(16,17)18/h2-5,9H,6-8H2,1H3,(H,19,22)/t9-/m1/s1. The molecule has 10 heteroatoms. The number of benzene rings is 1. The zero-order valence-electron chi connectivity index (χ0n) is 13.1. The van der Waals surface area contributed by atoms with E-state index in [0.717, 1.165) is 36.0 Å². The molecule has 1 heterocycles. The quantitative estimate of drug-likeness (QED) is 0.800. The van der Waals surface area contributed by atoms with Crippen LogP contribution in [0.2, 0.25) is 0 Å². The molecule has 1 aliphatic rings. The first-order valence-electron chi connectivity index (χ1n) is 7.26. The molecule has 136 valence electrons. The van der Waals surface area contributed by atoms with Crippen molar-refractivity contribution in [3.8, 4) is 0 Å². The number of rotatable bonds is 5. The Bertz CT molecular complexity index is 664. The van der Waals surface area contributed by atoms with E-state index in [2.05, 4.69) is 5.32 Å². The Balaban J connectivity index is 1.85. The summed E-state index contributed by atoms with van der Waals surface area (Å²) in [5.41, 5.74) is -0.690. The summed E-state index contributed by atoms with van der Waals surface area (Å²) >= 11 is 1.10. The number of alkyl halides is 3. The van der Waals surface area contributed by atoms with Gasteiger partial charge < -0.3 is 15.0 Å². The maximum atomic E-state index is 12.5. The second-order valence-electron chi connectivity index (χ2n) is 5.23. The minimum Gasteiger partial charge on any atom is -0.451 e. The lowest BCUT2D eigenvalue weighted by Crippen LogP contribution is -2.36. The Kier molecular flexibility index (Phi) is 5.93. The van der Waals surface area contributed by atoms with E-state index >= 15 is 0 Å². The van der Waals surface area contributed by atoms with Crippen LogP contribution in [0.15, 0.2) is 24.3 Å². The van der Waals surface area contributed by atoms with Crippen LogP contribution in [0.3, 0.4) is 0 Å². The number of nitrogens with zero attached hydrogens (tertiary/aromatic N) is 1. The van der Waals surface area contributed by atoms with Crippen molar-refractivity contribution < 1.29 is 32.3 Å². The Morgan fingerprint density at radius 2 is 1.96 bits per heavy atom. The summed E-state index contributed by atoms with van der Waals surface area (Å²) in [5, 5.41) is 2.14. The van der Waals surface area contributed by atoms with Gasteiger partial charge in [-0.05, 0) is 31.2 Å². The van der Waals surface area contributed by atoms with Gasteiger partial charge in [0, 0.05) is 18.0 Å². The number of thioether (sulfide) groups is 1. The predicted octanol–water partition coefficient (Wildman–Crippen LogP) is 2.74. The van der Waals surface area contributed by atoms with Crippen LogP contribution in [0, 0.1) is 0 Å². The van der Waals surface area contributed by atoms with Crippen LogP contribution in [0.4, 0.5) is 23.7 Å². The minimum absolute atomic E-state index is 0.145. The van der Waals surface area contributed by atoms with Crippen molar-refractivity contribution in [3.05, 3.63) is 29.8 Å². The van der Waals surface area contributed by atoms with Crippen molar-refractivity contribution in [1.82, 2.24) is 4.90 Å². The number of halogens is 3. The molecule has 0 spiro atoms. The summed E-state index contributed by atoms with van der Waals surface area (Å²) in [5.74, 6) is -0.822. The van der Waals surface area contributed by atoms with Gasteiger partial charge in [-0.2, -0.15) is 13.2 Å². The van der Waals surface area contributed by atoms with Crippen molar-refractivity contribution >= 4 is 34.6 Å². The third-order valence-corrected chi connectivity index (χ3v) is 4.21. The van der Waals surface area contributed by atoms with Crippen LogP contribution >= 0.6 is 11.8 Å². The van der Waals surface area contributed by atoms with E-state index in [9.17, 15) is 27.6 Å². The lowest BCUT2D eigenvalue weighted by atomic mass is 10.2. The van der Waals surface area contributed by atoms with Crippen LogP contribution in [0.5, 0.6) is 0 Å². The van der Waals surface area contributed by atoms with Gasteiger partial charge in [0.2, 0.25) is 0 Å². The minimum atomic E-state index is -4.46.